The normalized spacial score (nSPS) is 32.6. The molecule has 0 spiro atoms. The molecule has 0 nitrogen and oxygen atoms in total. The molecule has 0 bridgehead atoms. The van der Waals surface area contributed by atoms with Crippen LogP contribution >= 0.6 is 0 Å². The molecule has 0 radical (unpaired) electrons. The van der Waals surface area contributed by atoms with Crippen molar-refractivity contribution in [3.05, 3.63) is 34.9 Å². The molecule has 0 atom stereocenters. The van der Waals surface area contributed by atoms with Gasteiger partial charge in [0.25, 0.3) is 0 Å². The lowest BCUT2D eigenvalue weighted by molar-refractivity contribution is 0.155. The Balaban J connectivity index is 1.25. The third-order valence-corrected chi connectivity index (χ3v) is 7.78. The summed E-state index contributed by atoms with van der Waals surface area (Å²) in [5, 5.41) is 0. The van der Waals surface area contributed by atoms with Gasteiger partial charge in [-0.05, 0) is 92.7 Å². The van der Waals surface area contributed by atoms with Gasteiger partial charge < -0.3 is 0 Å². The van der Waals surface area contributed by atoms with Gasteiger partial charge in [0.2, 0.25) is 0 Å². The van der Waals surface area contributed by atoms with Crippen LogP contribution in [-0.2, 0) is 0 Å². The molecule has 0 heterocycles. The fraction of sp³-hybridized carbons (Fsp3) is 0.750. The van der Waals surface area contributed by atoms with Crippen LogP contribution in [0.5, 0.6) is 0 Å². The fourth-order valence-corrected chi connectivity index (χ4v) is 5.65. The molecule has 3 aliphatic carbocycles. The molecule has 26 heavy (non-hydrogen) atoms. The summed E-state index contributed by atoms with van der Waals surface area (Å²) in [6.07, 6.45) is 16.4. The third kappa shape index (κ3) is 4.31. The summed E-state index contributed by atoms with van der Waals surface area (Å²) in [6, 6.07) is 3.16. The van der Waals surface area contributed by atoms with Gasteiger partial charge in [0, 0.05) is 5.56 Å². The molecule has 1 aromatic rings. The van der Waals surface area contributed by atoms with E-state index in [4.69, 9.17) is 0 Å². The molecule has 0 saturated heterocycles. The standard InChI is InChI=1S/C24H34F2/c1-16-23(25)14-22(15-24(16)26)21-12-10-20(11-13-21)19-8-6-18(7-9-19)5-4-17-2-3-17/h14-15,17-21H,2-13H2,1H3. The minimum absolute atomic E-state index is 0.154. The minimum Gasteiger partial charge on any atom is -0.207 e. The Bertz CT molecular complexity index is 580. The first-order valence-electron chi connectivity index (χ1n) is 11.1. The van der Waals surface area contributed by atoms with Crippen LogP contribution in [0.15, 0.2) is 12.1 Å². The summed E-state index contributed by atoms with van der Waals surface area (Å²) in [5.41, 5.74) is 1.04. The number of benzene rings is 1. The lowest BCUT2D eigenvalue weighted by atomic mass is 9.68. The van der Waals surface area contributed by atoms with Crippen LogP contribution in [0, 0.1) is 42.2 Å². The van der Waals surface area contributed by atoms with Crippen molar-refractivity contribution in [3.63, 3.8) is 0 Å². The third-order valence-electron chi connectivity index (χ3n) is 7.78. The van der Waals surface area contributed by atoms with Gasteiger partial charge in [0.05, 0.1) is 0 Å². The molecule has 2 heteroatoms. The zero-order valence-electron chi connectivity index (χ0n) is 16.3. The average Bonchev–Trinajstić information content (AvgIpc) is 3.49. The van der Waals surface area contributed by atoms with Crippen molar-refractivity contribution in [3.8, 4) is 0 Å². The molecular weight excluding hydrogens is 326 g/mol. The van der Waals surface area contributed by atoms with Crippen molar-refractivity contribution >= 4 is 0 Å². The first-order valence-corrected chi connectivity index (χ1v) is 11.1. The monoisotopic (exact) mass is 360 g/mol. The van der Waals surface area contributed by atoms with Crippen molar-refractivity contribution in [1.29, 1.82) is 0 Å². The van der Waals surface area contributed by atoms with Crippen molar-refractivity contribution in [1.82, 2.24) is 0 Å². The molecule has 3 saturated carbocycles. The van der Waals surface area contributed by atoms with Gasteiger partial charge in [-0.15, -0.1) is 0 Å². The second-order valence-corrected chi connectivity index (χ2v) is 9.52. The summed E-state index contributed by atoms with van der Waals surface area (Å²) in [7, 11) is 0. The van der Waals surface area contributed by atoms with Gasteiger partial charge in [0.15, 0.2) is 0 Å². The summed E-state index contributed by atoms with van der Waals surface area (Å²) in [6.45, 7) is 1.52. The van der Waals surface area contributed by atoms with E-state index < -0.39 is 0 Å². The highest BCUT2D eigenvalue weighted by Crippen LogP contribution is 2.45. The summed E-state index contributed by atoms with van der Waals surface area (Å²) >= 11 is 0. The molecule has 0 N–H and O–H groups in total. The maximum Gasteiger partial charge on any atom is 0.129 e. The maximum atomic E-state index is 13.9. The van der Waals surface area contributed by atoms with E-state index >= 15 is 0 Å². The Morgan fingerprint density at radius 3 is 1.58 bits per heavy atom. The molecule has 1 aromatic carbocycles. The minimum atomic E-state index is -0.383. The van der Waals surface area contributed by atoms with Gasteiger partial charge in [-0.1, -0.05) is 38.5 Å². The highest BCUT2D eigenvalue weighted by molar-refractivity contribution is 5.28. The lowest BCUT2D eigenvalue weighted by Crippen LogP contribution is -2.25. The van der Waals surface area contributed by atoms with E-state index in [0.717, 1.165) is 42.1 Å². The van der Waals surface area contributed by atoms with Crippen LogP contribution in [0.4, 0.5) is 8.78 Å². The molecule has 0 unspecified atom stereocenters. The van der Waals surface area contributed by atoms with Crippen LogP contribution < -0.4 is 0 Å². The molecular formula is C24H34F2. The molecule has 144 valence electrons. The Hall–Kier alpha value is -0.920. The summed E-state index contributed by atoms with van der Waals surface area (Å²) < 4.78 is 27.8. The highest BCUT2D eigenvalue weighted by Gasteiger charge is 2.32. The Morgan fingerprint density at radius 1 is 0.692 bits per heavy atom. The SMILES string of the molecule is Cc1c(F)cc(C2CCC(C3CCC(CCC4CC4)CC3)CC2)cc1F. The van der Waals surface area contributed by atoms with E-state index in [1.165, 1.54) is 71.1 Å². The smallest absolute Gasteiger partial charge is 0.129 e. The van der Waals surface area contributed by atoms with Gasteiger partial charge in [-0.3, -0.25) is 0 Å². The molecule has 4 rings (SSSR count). The van der Waals surface area contributed by atoms with E-state index in [-0.39, 0.29) is 17.2 Å². The fourth-order valence-electron chi connectivity index (χ4n) is 5.65. The molecule has 0 amide bonds. The predicted molar refractivity (Wildman–Crippen MR) is 103 cm³/mol. The predicted octanol–water partition coefficient (Wildman–Crippen LogP) is 7.54. The van der Waals surface area contributed by atoms with Crippen LogP contribution in [0.25, 0.3) is 0 Å². The molecule has 0 aromatic heterocycles. The molecule has 0 aliphatic heterocycles. The Kier molecular flexibility index (Phi) is 5.66. The van der Waals surface area contributed by atoms with Crippen molar-refractivity contribution in [2.45, 2.75) is 89.9 Å². The average molecular weight is 361 g/mol. The van der Waals surface area contributed by atoms with Gasteiger partial charge in [0.1, 0.15) is 11.6 Å². The van der Waals surface area contributed by atoms with Crippen LogP contribution in [0.2, 0.25) is 0 Å². The number of rotatable bonds is 5. The molecule has 3 fully saturated rings. The zero-order valence-corrected chi connectivity index (χ0v) is 16.3. The van der Waals surface area contributed by atoms with Crippen LogP contribution in [0.1, 0.15) is 94.1 Å². The van der Waals surface area contributed by atoms with E-state index in [0.29, 0.717) is 5.92 Å². The second-order valence-electron chi connectivity index (χ2n) is 9.52. The second kappa shape index (κ2) is 7.98. The van der Waals surface area contributed by atoms with Crippen molar-refractivity contribution in [2.75, 3.05) is 0 Å². The van der Waals surface area contributed by atoms with E-state index in [9.17, 15) is 8.78 Å². The Morgan fingerprint density at radius 2 is 1.12 bits per heavy atom. The lowest BCUT2D eigenvalue weighted by Gasteiger charge is -2.38. The first-order chi connectivity index (χ1) is 12.6. The van der Waals surface area contributed by atoms with Crippen molar-refractivity contribution < 1.29 is 8.78 Å². The van der Waals surface area contributed by atoms with Crippen LogP contribution in [0.3, 0.4) is 0 Å². The maximum absolute atomic E-state index is 13.9. The van der Waals surface area contributed by atoms with Crippen LogP contribution in [-0.4, -0.2) is 0 Å². The number of hydrogen-bond acceptors (Lipinski definition) is 0. The largest absolute Gasteiger partial charge is 0.207 e. The quantitative estimate of drug-likeness (QED) is 0.508. The van der Waals surface area contributed by atoms with Gasteiger partial charge in [-0.2, -0.15) is 0 Å². The topological polar surface area (TPSA) is 0 Å². The highest BCUT2D eigenvalue weighted by atomic mass is 19.1. The zero-order chi connectivity index (χ0) is 18.1. The molecule has 3 aliphatic rings. The number of halogens is 2. The van der Waals surface area contributed by atoms with Gasteiger partial charge >= 0.3 is 0 Å². The summed E-state index contributed by atoms with van der Waals surface area (Å²) in [4.78, 5) is 0. The summed E-state index contributed by atoms with van der Waals surface area (Å²) in [5.74, 6) is 3.44. The van der Waals surface area contributed by atoms with Crippen molar-refractivity contribution in [2.24, 2.45) is 23.7 Å². The Labute approximate surface area is 157 Å². The van der Waals surface area contributed by atoms with Gasteiger partial charge in [-0.25, -0.2) is 8.78 Å². The van der Waals surface area contributed by atoms with E-state index in [1.807, 2.05) is 0 Å². The van der Waals surface area contributed by atoms with E-state index in [1.54, 1.807) is 12.1 Å². The number of hydrogen-bond donors (Lipinski definition) is 0. The first kappa shape index (κ1) is 18.4. The van der Waals surface area contributed by atoms with E-state index in [2.05, 4.69) is 0 Å².